The molecule has 19 rings (SSSR count). The lowest BCUT2D eigenvalue weighted by atomic mass is 9.84. The number of hydrogen-bond acceptors (Lipinski definition) is 3. The van der Waals surface area contributed by atoms with Gasteiger partial charge in [0.1, 0.15) is 0 Å². The van der Waals surface area contributed by atoms with Crippen LogP contribution in [0.5, 0.6) is 0 Å². The zero-order valence-corrected chi connectivity index (χ0v) is 61.6. The second kappa shape index (κ2) is 29.9. The molecule has 17 aromatic rings. The number of para-hydroxylation sites is 3. The van der Waals surface area contributed by atoms with E-state index >= 15 is 0 Å². The fourth-order valence-corrected chi connectivity index (χ4v) is 16.4. The Hall–Kier alpha value is -14.1. The van der Waals surface area contributed by atoms with Gasteiger partial charge >= 0.3 is 0 Å². The minimum atomic E-state index is 0.193. The van der Waals surface area contributed by atoms with Crippen LogP contribution in [0, 0.1) is 0 Å². The van der Waals surface area contributed by atoms with Crippen molar-refractivity contribution in [2.24, 2.45) is 0 Å². The summed E-state index contributed by atoms with van der Waals surface area (Å²) in [5, 5.41) is 3.81. The number of aromatic nitrogens is 5. The van der Waals surface area contributed by atoms with E-state index in [4.69, 9.17) is 15.0 Å². The first kappa shape index (κ1) is 67.5. The van der Waals surface area contributed by atoms with Gasteiger partial charge in [0.25, 0.3) is 0 Å². The molecule has 2 aliphatic carbocycles. The highest BCUT2D eigenvalue weighted by atomic mass is 15.0. The van der Waals surface area contributed by atoms with Gasteiger partial charge in [-0.2, -0.15) is 0 Å². The largest absolute Gasteiger partial charge is 0.313 e. The predicted octanol–water partition coefficient (Wildman–Crippen LogP) is 27.7. The molecule has 5 heteroatoms. The number of allylic oxidation sites excluding steroid dienone is 10. The first-order chi connectivity index (χ1) is 54.9. The molecule has 2 aliphatic rings. The number of fused-ring (bicyclic) bond motifs is 6. The lowest BCUT2D eigenvalue weighted by Crippen LogP contribution is -2.03. The molecule has 0 N–H and O–H groups in total. The predicted molar refractivity (Wildman–Crippen MR) is 466 cm³/mol. The van der Waals surface area contributed by atoms with Crippen molar-refractivity contribution in [2.75, 3.05) is 0 Å². The van der Waals surface area contributed by atoms with E-state index in [-0.39, 0.29) is 5.92 Å². The van der Waals surface area contributed by atoms with E-state index < -0.39 is 0 Å². The summed E-state index contributed by atoms with van der Waals surface area (Å²) in [6.07, 6.45) is 25.2. The van der Waals surface area contributed by atoms with E-state index in [1.807, 2.05) is 0 Å². The van der Waals surface area contributed by atoms with Gasteiger partial charge in [0.05, 0.1) is 16.6 Å². The van der Waals surface area contributed by atoms with Crippen molar-refractivity contribution in [1.82, 2.24) is 24.1 Å². The van der Waals surface area contributed by atoms with Gasteiger partial charge in [0.2, 0.25) is 0 Å². The summed E-state index contributed by atoms with van der Waals surface area (Å²) in [5.74, 6) is 2.01. The molecule has 0 saturated carbocycles. The van der Waals surface area contributed by atoms with Crippen LogP contribution >= 0.6 is 0 Å². The van der Waals surface area contributed by atoms with Gasteiger partial charge in [-0.05, 0) is 199 Å². The molecule has 0 fully saturated rings. The Morgan fingerprint density at radius 1 is 0.360 bits per heavy atom. The van der Waals surface area contributed by atoms with Gasteiger partial charge in [-0.1, -0.05) is 334 Å². The van der Waals surface area contributed by atoms with E-state index in [1.54, 1.807) is 0 Å². The van der Waals surface area contributed by atoms with E-state index in [0.29, 0.717) is 17.5 Å². The van der Waals surface area contributed by atoms with E-state index in [9.17, 15) is 0 Å². The summed E-state index contributed by atoms with van der Waals surface area (Å²) in [7, 11) is 0. The smallest absolute Gasteiger partial charge is 0.164 e. The van der Waals surface area contributed by atoms with Gasteiger partial charge < -0.3 is 9.13 Å². The molecular weight excluding hydrogens is 1340 g/mol. The highest BCUT2D eigenvalue weighted by molar-refractivity contribution is 6.09. The number of nitrogens with zero attached hydrogens (tertiary/aromatic N) is 5. The normalized spacial score (nSPS) is 13.6. The van der Waals surface area contributed by atoms with Crippen LogP contribution in [0.4, 0.5) is 0 Å². The minimum absolute atomic E-state index is 0.193. The Morgan fingerprint density at radius 3 is 1.37 bits per heavy atom. The van der Waals surface area contributed by atoms with Gasteiger partial charge in [-0.3, -0.25) is 0 Å². The number of hydrogen-bond donors (Lipinski definition) is 0. The van der Waals surface area contributed by atoms with Crippen LogP contribution < -0.4 is 0 Å². The maximum atomic E-state index is 5.30. The summed E-state index contributed by atoms with van der Waals surface area (Å²) in [6.45, 7) is 2.11. The van der Waals surface area contributed by atoms with Crippen LogP contribution in [0.25, 0.3) is 168 Å². The zero-order valence-electron chi connectivity index (χ0n) is 61.6. The van der Waals surface area contributed by atoms with Crippen LogP contribution in [-0.4, -0.2) is 24.1 Å². The monoisotopic (exact) mass is 1420 g/mol. The topological polar surface area (TPSA) is 48.5 Å². The van der Waals surface area contributed by atoms with Crippen molar-refractivity contribution in [2.45, 2.75) is 32.1 Å². The van der Waals surface area contributed by atoms with Crippen LogP contribution in [0.3, 0.4) is 0 Å². The van der Waals surface area contributed by atoms with Crippen LogP contribution in [-0.2, 0) is 6.42 Å². The Labute approximate surface area is 648 Å². The maximum Gasteiger partial charge on any atom is 0.164 e. The average Bonchev–Trinajstić information content (AvgIpc) is 1.62. The molecule has 526 valence electrons. The summed E-state index contributed by atoms with van der Waals surface area (Å²) in [6, 6.07) is 125. The summed E-state index contributed by atoms with van der Waals surface area (Å²) in [5.41, 5.74) is 32.5. The molecule has 0 saturated heterocycles. The van der Waals surface area contributed by atoms with Crippen LogP contribution in [0.15, 0.2) is 394 Å². The maximum absolute atomic E-state index is 5.30. The van der Waals surface area contributed by atoms with Gasteiger partial charge in [-0.25, -0.2) is 15.0 Å². The second-order valence-electron chi connectivity index (χ2n) is 28.9. The zero-order chi connectivity index (χ0) is 74.0. The Bertz CT molecular complexity index is 6540. The number of rotatable bonds is 17. The highest BCUT2D eigenvalue weighted by Crippen LogP contribution is 2.41. The van der Waals surface area contributed by atoms with E-state index in [1.165, 1.54) is 88.6 Å². The van der Waals surface area contributed by atoms with Crippen molar-refractivity contribution >= 4 is 56.0 Å². The van der Waals surface area contributed by atoms with Crippen molar-refractivity contribution in [3.05, 3.63) is 428 Å². The molecule has 3 aromatic heterocycles. The lowest BCUT2D eigenvalue weighted by Gasteiger charge is -2.20. The van der Waals surface area contributed by atoms with E-state index in [0.717, 1.165) is 103 Å². The summed E-state index contributed by atoms with van der Waals surface area (Å²) < 4.78 is 4.83. The molecule has 0 aliphatic heterocycles. The first-order valence-electron chi connectivity index (χ1n) is 38.5. The molecule has 1 atom stereocenters. The number of benzene rings is 14. The fourth-order valence-electron chi connectivity index (χ4n) is 16.4. The summed E-state index contributed by atoms with van der Waals surface area (Å²) >= 11 is 0. The van der Waals surface area contributed by atoms with Gasteiger partial charge in [0.15, 0.2) is 17.5 Å². The van der Waals surface area contributed by atoms with Crippen molar-refractivity contribution in [3.8, 4) is 112 Å². The van der Waals surface area contributed by atoms with Crippen LogP contribution in [0.1, 0.15) is 59.2 Å². The molecule has 5 nitrogen and oxygen atoms in total. The molecular formula is C106H77N5. The third-order valence-corrected chi connectivity index (χ3v) is 22.0. The lowest BCUT2D eigenvalue weighted by molar-refractivity contribution is 0.867. The Morgan fingerprint density at radius 2 is 0.793 bits per heavy atom. The molecule has 0 spiro atoms. The molecule has 1 unspecified atom stereocenters. The van der Waals surface area contributed by atoms with Gasteiger partial charge in [-0.15, -0.1) is 0 Å². The molecule has 0 bridgehead atoms. The minimum Gasteiger partial charge on any atom is -0.313 e. The Kier molecular flexibility index (Phi) is 18.2. The third kappa shape index (κ3) is 13.6. The molecule has 3 heterocycles. The van der Waals surface area contributed by atoms with Crippen molar-refractivity contribution in [1.29, 1.82) is 0 Å². The molecule has 0 amide bonds. The molecule has 14 aromatic carbocycles. The van der Waals surface area contributed by atoms with Crippen molar-refractivity contribution in [3.63, 3.8) is 0 Å². The third-order valence-electron chi connectivity index (χ3n) is 22.0. The molecule has 111 heavy (non-hydrogen) atoms. The highest BCUT2D eigenvalue weighted by Gasteiger charge is 2.22. The van der Waals surface area contributed by atoms with Crippen LogP contribution in [0.2, 0.25) is 0 Å². The fraction of sp³-hybridized carbons (Fsp3) is 0.0472. The average molecular weight is 1420 g/mol. The van der Waals surface area contributed by atoms with Crippen molar-refractivity contribution < 1.29 is 0 Å². The quantitative estimate of drug-likeness (QED) is 0.0854. The second-order valence-corrected chi connectivity index (χ2v) is 28.9. The Balaban J connectivity index is 0.593. The van der Waals surface area contributed by atoms with Gasteiger partial charge in [0, 0.05) is 61.4 Å². The first-order valence-corrected chi connectivity index (χ1v) is 38.5. The SMILES string of the molecule is C\C=C(/C=C\C=C\c1cccc(-n2c3c(c4ccccc42)C=CCC3)c1)c1cccc(-c2ccc(-c3nc(-c4ccc(-c5cccc(-c6cccc(-c7cccc(-n8c9ccccc9c9ccccc98)c7)c6)c5)cc4)nc(-c4ccc(C5C=CC=C(c6cccc(-c7cccc(-c8ccccc8)c7)c6)C5)cc4)n3)cc2)c1. The standard InChI is InChI=1S/C106H77N5/c1-2-73(26-7-6-24-72-25-16-42-94(64-72)110-100-48-12-8-44-96(100)97-45-9-13-49-101(97)110)81-29-17-31-83(65-81)75-52-58-78(59-53-75)104-107-105(79-60-54-76(55-61-79)84-32-19-35-87(67-84)90-38-21-37-89(69-90)86-34-18-30-82(66-86)74-27-4-3-5-28-74)109-106(108-104)80-62-56-77(57-63-80)85-33-20-36-88(68-85)91-39-22-40-92(70-91)93-41-23-43-95(71-93)111-102-50-14-10-46-98(102)99-47-11-15-51-103(99)111/h2-12,14-48,50-66,68-71,84H,13,49,67H2,1H3/b24-6+,26-7-,73-2+. The van der Waals surface area contributed by atoms with E-state index in [2.05, 4.69) is 423 Å². The molecule has 0 radical (unpaired) electrons. The summed E-state index contributed by atoms with van der Waals surface area (Å²) in [4.78, 5) is 15.9.